The summed E-state index contributed by atoms with van der Waals surface area (Å²) in [5.74, 6) is -0.842. The molecular weight excluding hydrogens is 532 g/mol. The minimum absolute atomic E-state index is 0.00129. The van der Waals surface area contributed by atoms with E-state index in [4.69, 9.17) is 14.6 Å². The third-order valence-electron chi connectivity index (χ3n) is 8.24. The number of nitrogens with one attached hydrogen (secondary N) is 1. The van der Waals surface area contributed by atoms with E-state index in [0.717, 1.165) is 55.5 Å². The maximum Gasteiger partial charge on any atom is 0.303 e. The summed E-state index contributed by atoms with van der Waals surface area (Å²) in [5, 5.41) is 21.2. The van der Waals surface area contributed by atoms with Crippen molar-refractivity contribution in [3.8, 4) is 0 Å². The van der Waals surface area contributed by atoms with E-state index >= 15 is 0 Å². The fraction of sp³-hybridized carbons (Fsp3) is 0.529. The normalized spacial score (nSPS) is 21.0. The number of carboxylic acids is 1. The lowest BCUT2D eigenvalue weighted by molar-refractivity contribution is -0.253. The van der Waals surface area contributed by atoms with Crippen LogP contribution in [0.15, 0.2) is 61.2 Å². The average Bonchev–Trinajstić information content (AvgIpc) is 3.54. The molecule has 228 valence electrons. The monoisotopic (exact) mass is 578 g/mol. The Morgan fingerprint density at radius 2 is 1.71 bits per heavy atom. The lowest BCUT2D eigenvalue weighted by atomic mass is 9.99. The first kappa shape index (κ1) is 31.9. The summed E-state index contributed by atoms with van der Waals surface area (Å²) < 4.78 is 13.1. The highest BCUT2D eigenvalue weighted by Gasteiger charge is 2.34. The van der Waals surface area contributed by atoms with Crippen molar-refractivity contribution in [3.05, 3.63) is 77.9 Å². The quantitative estimate of drug-likeness (QED) is 0.154. The lowest BCUT2D eigenvalue weighted by Gasteiger charge is -2.39. The maximum atomic E-state index is 12.6. The summed E-state index contributed by atoms with van der Waals surface area (Å²) >= 11 is 0. The fourth-order valence-electron chi connectivity index (χ4n) is 6.00. The van der Waals surface area contributed by atoms with Crippen LogP contribution in [0.4, 0.5) is 5.69 Å². The second-order valence-corrected chi connectivity index (χ2v) is 11.5. The van der Waals surface area contributed by atoms with Gasteiger partial charge >= 0.3 is 5.97 Å². The van der Waals surface area contributed by atoms with Gasteiger partial charge in [-0.15, -0.1) is 6.58 Å². The Hall–Kier alpha value is -3.04. The lowest BCUT2D eigenvalue weighted by Crippen LogP contribution is -2.43. The Morgan fingerprint density at radius 3 is 2.40 bits per heavy atom. The van der Waals surface area contributed by atoms with E-state index in [-0.39, 0.29) is 31.1 Å². The van der Waals surface area contributed by atoms with Crippen LogP contribution < -0.4 is 5.32 Å². The van der Waals surface area contributed by atoms with Gasteiger partial charge in [0, 0.05) is 49.6 Å². The van der Waals surface area contributed by atoms with Crippen LogP contribution in [0.2, 0.25) is 0 Å². The molecule has 0 spiro atoms. The van der Waals surface area contributed by atoms with E-state index in [9.17, 15) is 14.7 Å². The number of anilines is 1. The predicted molar refractivity (Wildman–Crippen MR) is 163 cm³/mol. The molecule has 0 bridgehead atoms. The topological polar surface area (TPSA) is 108 Å². The van der Waals surface area contributed by atoms with Gasteiger partial charge in [-0.25, -0.2) is 0 Å². The summed E-state index contributed by atoms with van der Waals surface area (Å²) in [7, 11) is 0. The molecule has 3 atom stereocenters. The van der Waals surface area contributed by atoms with E-state index in [1.165, 1.54) is 25.7 Å². The van der Waals surface area contributed by atoms with Crippen molar-refractivity contribution in [1.82, 2.24) is 4.90 Å². The molecule has 0 aromatic heterocycles. The molecule has 2 aliphatic rings. The molecule has 3 N–H and O–H groups in total. The molecule has 1 saturated heterocycles. The number of hydrogen-bond acceptors (Lipinski definition) is 6. The van der Waals surface area contributed by atoms with Gasteiger partial charge in [-0.2, -0.15) is 0 Å². The van der Waals surface area contributed by atoms with Crippen LogP contribution in [-0.4, -0.2) is 52.2 Å². The highest BCUT2D eigenvalue weighted by atomic mass is 16.7. The first-order valence-corrected chi connectivity index (χ1v) is 15.4. The number of aliphatic hydroxyl groups is 1. The van der Waals surface area contributed by atoms with Crippen molar-refractivity contribution in [2.45, 2.75) is 102 Å². The standard InChI is InChI=1S/C34H46N2O6/c1-2-20-36(29-12-7-8-13-29)23-30-22-31(26-18-16-25(24-37)17-19-26)42-34(41-30)27-10-9-11-28(21-27)35-32(38)14-5-3-4-6-15-33(39)40/h2,9-11,16-19,21,29-31,34,37H,1,3-8,12-15,20,22-24H2,(H,35,38)(H,39,40)/t30-,31+,34+/m1/s1. The Labute approximate surface area is 249 Å². The minimum atomic E-state index is -0.779. The van der Waals surface area contributed by atoms with Gasteiger partial charge in [0.2, 0.25) is 5.91 Å². The molecule has 1 aliphatic carbocycles. The van der Waals surface area contributed by atoms with Crippen molar-refractivity contribution >= 4 is 17.6 Å². The molecule has 2 aromatic rings. The van der Waals surface area contributed by atoms with Crippen molar-refractivity contribution in [1.29, 1.82) is 0 Å². The Balaban J connectivity index is 1.43. The number of carboxylic acid groups (broad SMARTS) is 1. The van der Waals surface area contributed by atoms with Crippen molar-refractivity contribution in [2.75, 3.05) is 18.4 Å². The molecule has 2 aromatic carbocycles. The molecule has 8 heteroatoms. The molecule has 8 nitrogen and oxygen atoms in total. The van der Waals surface area contributed by atoms with Gasteiger partial charge in [0.05, 0.1) is 18.8 Å². The maximum absolute atomic E-state index is 12.6. The van der Waals surface area contributed by atoms with Gasteiger partial charge in [0.15, 0.2) is 6.29 Å². The van der Waals surface area contributed by atoms with Crippen molar-refractivity contribution in [3.63, 3.8) is 0 Å². The van der Waals surface area contributed by atoms with Gasteiger partial charge in [-0.1, -0.05) is 68.2 Å². The van der Waals surface area contributed by atoms with Gasteiger partial charge in [0.25, 0.3) is 0 Å². The number of aliphatic hydroxyl groups excluding tert-OH is 1. The number of carbonyl (C=O) groups is 2. The van der Waals surface area contributed by atoms with Crippen LogP contribution in [0.3, 0.4) is 0 Å². The molecule has 4 rings (SSSR count). The highest BCUT2D eigenvalue weighted by molar-refractivity contribution is 5.90. The smallest absolute Gasteiger partial charge is 0.303 e. The first-order chi connectivity index (χ1) is 20.4. The number of amides is 1. The summed E-state index contributed by atoms with van der Waals surface area (Å²) in [6.07, 6.45) is 10.4. The van der Waals surface area contributed by atoms with Crippen LogP contribution in [0.25, 0.3) is 0 Å². The number of hydrogen-bond donors (Lipinski definition) is 3. The molecule has 2 fully saturated rings. The van der Waals surface area contributed by atoms with E-state index in [0.29, 0.717) is 24.6 Å². The number of rotatable bonds is 16. The second kappa shape index (κ2) is 16.6. The SMILES string of the molecule is C=CCN(C[C@H]1C[C@@H](c2ccc(CO)cc2)O[C@@H](c2cccc(NC(=O)CCCCCCC(=O)O)c2)O1)C1CCCC1. The fourth-order valence-corrected chi connectivity index (χ4v) is 6.00. The molecule has 1 aliphatic heterocycles. The Kier molecular flexibility index (Phi) is 12.6. The third-order valence-corrected chi connectivity index (χ3v) is 8.24. The Morgan fingerprint density at radius 1 is 0.976 bits per heavy atom. The number of carbonyl (C=O) groups excluding carboxylic acids is 1. The van der Waals surface area contributed by atoms with Crippen LogP contribution >= 0.6 is 0 Å². The molecule has 1 heterocycles. The molecule has 42 heavy (non-hydrogen) atoms. The average molecular weight is 579 g/mol. The molecular formula is C34H46N2O6. The number of unbranched alkanes of at least 4 members (excludes halogenated alkanes) is 3. The van der Waals surface area contributed by atoms with Gasteiger partial charge in [-0.05, 0) is 48.9 Å². The van der Waals surface area contributed by atoms with E-state index in [2.05, 4.69) is 16.8 Å². The van der Waals surface area contributed by atoms with Gasteiger partial charge in [-0.3, -0.25) is 14.5 Å². The van der Waals surface area contributed by atoms with E-state index in [1.54, 1.807) is 0 Å². The third kappa shape index (κ3) is 9.76. The summed E-state index contributed by atoms with van der Waals surface area (Å²) in [6.45, 7) is 5.62. The van der Waals surface area contributed by atoms with E-state index in [1.807, 2.05) is 54.6 Å². The van der Waals surface area contributed by atoms with Crippen molar-refractivity contribution in [2.24, 2.45) is 0 Å². The molecule has 0 radical (unpaired) electrons. The predicted octanol–water partition coefficient (Wildman–Crippen LogP) is 6.52. The summed E-state index contributed by atoms with van der Waals surface area (Å²) in [5.41, 5.74) is 3.45. The number of nitrogens with zero attached hydrogens (tertiary/aromatic N) is 1. The summed E-state index contributed by atoms with van der Waals surface area (Å²) in [6, 6.07) is 16.1. The zero-order valence-electron chi connectivity index (χ0n) is 24.6. The van der Waals surface area contributed by atoms with Crippen LogP contribution in [0.5, 0.6) is 0 Å². The van der Waals surface area contributed by atoms with Crippen LogP contribution in [0, 0.1) is 0 Å². The largest absolute Gasteiger partial charge is 0.481 e. The van der Waals surface area contributed by atoms with Gasteiger partial charge < -0.3 is 25.0 Å². The first-order valence-electron chi connectivity index (χ1n) is 15.4. The zero-order chi connectivity index (χ0) is 29.7. The molecule has 1 saturated carbocycles. The number of benzene rings is 2. The van der Waals surface area contributed by atoms with Crippen molar-refractivity contribution < 1.29 is 29.3 Å². The van der Waals surface area contributed by atoms with E-state index < -0.39 is 12.3 Å². The molecule has 1 amide bonds. The Bertz CT molecular complexity index is 1150. The van der Waals surface area contributed by atoms with Crippen LogP contribution in [0.1, 0.15) is 99.7 Å². The zero-order valence-corrected chi connectivity index (χ0v) is 24.6. The summed E-state index contributed by atoms with van der Waals surface area (Å²) in [4.78, 5) is 25.7. The second-order valence-electron chi connectivity index (χ2n) is 11.5. The number of ether oxygens (including phenoxy) is 2. The van der Waals surface area contributed by atoms with Gasteiger partial charge in [0.1, 0.15) is 0 Å². The van der Waals surface area contributed by atoms with Crippen LogP contribution in [-0.2, 0) is 25.7 Å². The minimum Gasteiger partial charge on any atom is -0.481 e. The molecule has 0 unspecified atom stereocenters. The number of aliphatic carboxylic acids is 1. The highest BCUT2D eigenvalue weighted by Crippen LogP contribution is 2.39.